The van der Waals surface area contributed by atoms with E-state index >= 15 is 0 Å². The zero-order valence-corrected chi connectivity index (χ0v) is 17.4. The molecule has 0 unspecified atom stereocenters. The predicted molar refractivity (Wildman–Crippen MR) is 105 cm³/mol. The van der Waals surface area contributed by atoms with Crippen molar-refractivity contribution < 1.29 is 53.7 Å². The fourth-order valence-electron chi connectivity index (χ4n) is 2.91. The van der Waals surface area contributed by atoms with Crippen molar-refractivity contribution in [2.75, 3.05) is 0 Å². The molecule has 182 valence electrons. The number of alkyl halides is 9. The SMILES string of the molecule is FC(F)(F)Oc1cccc(P(c2cccc(OC(F)(F)F)c2)c2cccc(OC(F)(F)F)c2)c1. The van der Waals surface area contributed by atoms with Crippen molar-refractivity contribution in [1.29, 1.82) is 0 Å². The third-order valence-corrected chi connectivity index (χ3v) is 6.31. The number of halogens is 9. The van der Waals surface area contributed by atoms with Crippen molar-refractivity contribution in [1.82, 2.24) is 0 Å². The molecule has 0 radical (unpaired) electrons. The third-order valence-electron chi connectivity index (χ3n) is 3.93. The van der Waals surface area contributed by atoms with Crippen LogP contribution in [0.25, 0.3) is 0 Å². The molecule has 0 N–H and O–H groups in total. The van der Waals surface area contributed by atoms with E-state index in [1.807, 2.05) is 0 Å². The summed E-state index contributed by atoms with van der Waals surface area (Å²) in [5.41, 5.74) is 0. The van der Waals surface area contributed by atoms with Crippen LogP contribution >= 0.6 is 7.92 Å². The molecule has 3 aromatic carbocycles. The highest BCUT2D eigenvalue weighted by atomic mass is 31.1. The zero-order chi connectivity index (χ0) is 25.1. The molecule has 0 bridgehead atoms. The van der Waals surface area contributed by atoms with Crippen LogP contribution in [0.5, 0.6) is 17.2 Å². The lowest BCUT2D eigenvalue weighted by molar-refractivity contribution is -0.275. The van der Waals surface area contributed by atoms with Crippen molar-refractivity contribution >= 4 is 23.8 Å². The molecule has 0 aromatic heterocycles. The fraction of sp³-hybridized carbons (Fsp3) is 0.143. The van der Waals surface area contributed by atoms with Crippen LogP contribution in [0.3, 0.4) is 0 Å². The Balaban J connectivity index is 2.12. The predicted octanol–water partition coefficient (Wildman–Crippen LogP) is 6.14. The number of rotatable bonds is 6. The molecule has 0 saturated heterocycles. The van der Waals surface area contributed by atoms with Crippen LogP contribution in [-0.2, 0) is 0 Å². The van der Waals surface area contributed by atoms with Gasteiger partial charge in [0.2, 0.25) is 0 Å². The minimum Gasteiger partial charge on any atom is -0.406 e. The summed E-state index contributed by atoms with van der Waals surface area (Å²) in [4.78, 5) is 0. The average Bonchev–Trinajstić information content (AvgIpc) is 2.65. The van der Waals surface area contributed by atoms with Crippen LogP contribution in [0.1, 0.15) is 0 Å². The quantitative estimate of drug-likeness (QED) is 0.292. The number of hydrogen-bond donors (Lipinski definition) is 0. The Morgan fingerprint density at radius 3 is 0.941 bits per heavy atom. The molecule has 13 heteroatoms. The second kappa shape index (κ2) is 9.61. The maximum atomic E-state index is 12.7. The molecule has 0 saturated carbocycles. The van der Waals surface area contributed by atoms with Gasteiger partial charge < -0.3 is 14.2 Å². The number of benzene rings is 3. The van der Waals surface area contributed by atoms with E-state index in [-0.39, 0.29) is 15.9 Å². The Bertz CT molecular complexity index is 986. The lowest BCUT2D eigenvalue weighted by Gasteiger charge is -2.22. The first kappa shape index (κ1) is 25.5. The fourth-order valence-corrected chi connectivity index (χ4v) is 5.28. The highest BCUT2D eigenvalue weighted by Crippen LogP contribution is 2.37. The van der Waals surface area contributed by atoms with Crippen molar-refractivity contribution in [3.63, 3.8) is 0 Å². The monoisotopic (exact) mass is 514 g/mol. The van der Waals surface area contributed by atoms with E-state index < -0.39 is 44.3 Å². The highest BCUT2D eigenvalue weighted by molar-refractivity contribution is 7.79. The first-order valence-corrected chi connectivity index (χ1v) is 10.4. The molecule has 0 atom stereocenters. The van der Waals surface area contributed by atoms with Gasteiger partial charge >= 0.3 is 19.1 Å². The summed E-state index contributed by atoms with van der Waals surface area (Å²) >= 11 is 0. The first-order chi connectivity index (χ1) is 15.7. The van der Waals surface area contributed by atoms with Crippen LogP contribution in [0, 0.1) is 0 Å². The number of hydrogen-bond acceptors (Lipinski definition) is 3. The molecule has 34 heavy (non-hydrogen) atoms. The van der Waals surface area contributed by atoms with Crippen molar-refractivity contribution in [3.05, 3.63) is 72.8 Å². The number of ether oxygens (including phenoxy) is 3. The van der Waals surface area contributed by atoms with Gasteiger partial charge in [0.25, 0.3) is 0 Å². The molecule has 3 rings (SSSR count). The highest BCUT2D eigenvalue weighted by Gasteiger charge is 2.33. The van der Waals surface area contributed by atoms with Crippen LogP contribution in [0.15, 0.2) is 72.8 Å². The van der Waals surface area contributed by atoms with Crippen LogP contribution < -0.4 is 30.1 Å². The third kappa shape index (κ3) is 7.72. The van der Waals surface area contributed by atoms with E-state index in [1.54, 1.807) is 0 Å². The Morgan fingerprint density at radius 1 is 0.441 bits per heavy atom. The summed E-state index contributed by atoms with van der Waals surface area (Å²) in [5, 5.41) is 0.472. The molecule has 3 nitrogen and oxygen atoms in total. The van der Waals surface area contributed by atoms with E-state index in [2.05, 4.69) is 14.2 Å². The molecule has 3 aromatic rings. The molecule has 0 fully saturated rings. The molecular formula is C21H12F9O3P. The van der Waals surface area contributed by atoms with Crippen LogP contribution in [0.4, 0.5) is 39.5 Å². The largest absolute Gasteiger partial charge is 0.573 e. The molecular weight excluding hydrogens is 502 g/mol. The molecule has 0 spiro atoms. The van der Waals surface area contributed by atoms with Crippen molar-refractivity contribution in [2.45, 2.75) is 19.1 Å². The van der Waals surface area contributed by atoms with E-state index in [4.69, 9.17) is 0 Å². The maximum absolute atomic E-state index is 12.7. The van der Waals surface area contributed by atoms with Gasteiger partial charge in [0, 0.05) is 0 Å². The van der Waals surface area contributed by atoms with Gasteiger partial charge in [-0.1, -0.05) is 36.4 Å². The zero-order valence-electron chi connectivity index (χ0n) is 16.5. The molecule has 0 amide bonds. The van der Waals surface area contributed by atoms with Crippen LogP contribution in [-0.4, -0.2) is 19.1 Å². The van der Waals surface area contributed by atoms with Gasteiger partial charge in [-0.2, -0.15) is 0 Å². The maximum Gasteiger partial charge on any atom is 0.573 e. The summed E-state index contributed by atoms with van der Waals surface area (Å²) < 4.78 is 126. The van der Waals surface area contributed by atoms with E-state index in [0.29, 0.717) is 0 Å². The van der Waals surface area contributed by atoms with E-state index in [9.17, 15) is 39.5 Å². The smallest absolute Gasteiger partial charge is 0.406 e. The molecule has 0 aliphatic carbocycles. The Morgan fingerprint density at radius 2 is 0.706 bits per heavy atom. The second-order valence-electron chi connectivity index (χ2n) is 6.47. The Hall–Kier alpha value is -3.14. The standard InChI is InChI=1S/C21H12F9O3P/c22-19(23,24)31-13-4-1-7-16(10-13)34(17-8-2-5-14(11-17)32-20(25,26)27)18-9-3-6-15(12-18)33-21(28,29)30/h1-12H. The van der Waals surface area contributed by atoms with Gasteiger partial charge in [-0.15, -0.1) is 39.5 Å². The van der Waals surface area contributed by atoms with Gasteiger partial charge in [-0.3, -0.25) is 0 Å². The summed E-state index contributed by atoms with van der Waals surface area (Å²) in [6, 6.07) is 13.9. The van der Waals surface area contributed by atoms with Crippen LogP contribution in [0.2, 0.25) is 0 Å². The molecule has 0 heterocycles. The topological polar surface area (TPSA) is 27.7 Å². The average molecular weight is 514 g/mol. The summed E-state index contributed by atoms with van der Waals surface area (Å²) in [6.45, 7) is 0. The Kier molecular flexibility index (Phi) is 7.21. The van der Waals surface area contributed by atoms with Gasteiger partial charge in [-0.25, -0.2) is 0 Å². The normalized spacial score (nSPS) is 12.5. The summed E-state index contributed by atoms with van der Waals surface area (Å²) in [5.74, 6) is -1.83. The minimum atomic E-state index is -5.01. The van der Waals surface area contributed by atoms with Gasteiger partial charge in [0.1, 0.15) is 17.2 Å². The van der Waals surface area contributed by atoms with E-state index in [1.165, 1.54) is 36.4 Å². The summed E-state index contributed by atoms with van der Waals surface area (Å²) in [7, 11) is -1.96. The van der Waals surface area contributed by atoms with Gasteiger partial charge in [0.15, 0.2) is 0 Å². The van der Waals surface area contributed by atoms with Gasteiger partial charge in [-0.05, 0) is 60.2 Å². The van der Waals surface area contributed by atoms with Gasteiger partial charge in [0.05, 0.1) is 0 Å². The Labute approximate surface area is 187 Å². The summed E-state index contributed by atoms with van der Waals surface area (Å²) in [6.07, 6.45) is -15.0. The van der Waals surface area contributed by atoms with Crippen molar-refractivity contribution in [2.24, 2.45) is 0 Å². The lowest BCUT2D eigenvalue weighted by atomic mass is 10.3. The second-order valence-corrected chi connectivity index (χ2v) is 8.69. The van der Waals surface area contributed by atoms with E-state index in [0.717, 1.165) is 36.4 Å². The minimum absolute atomic E-state index is 0.157. The molecule has 0 aliphatic heterocycles. The molecule has 0 aliphatic rings. The lowest BCUT2D eigenvalue weighted by Crippen LogP contribution is -2.24. The van der Waals surface area contributed by atoms with Crippen molar-refractivity contribution in [3.8, 4) is 17.2 Å². The first-order valence-electron chi connectivity index (χ1n) is 9.06.